The second kappa shape index (κ2) is 19.6. The van der Waals surface area contributed by atoms with Crippen molar-refractivity contribution in [1.29, 1.82) is 0 Å². The lowest BCUT2D eigenvalue weighted by Gasteiger charge is -2.31. The first-order valence-corrected chi connectivity index (χ1v) is 16.9. The highest BCUT2D eigenvalue weighted by Crippen LogP contribution is 2.21. The largest absolute Gasteiger partial charge is 0.281 e. The van der Waals surface area contributed by atoms with E-state index in [1.165, 1.54) is 60.8 Å². The minimum atomic E-state index is 0.200. The maximum atomic E-state index is 3.93. The summed E-state index contributed by atoms with van der Waals surface area (Å²) in [5.74, 6) is 7.87. The lowest BCUT2D eigenvalue weighted by Crippen LogP contribution is -2.36. The van der Waals surface area contributed by atoms with Crippen LogP contribution in [0.2, 0.25) is 0 Å². The number of benzene rings is 4. The number of nitrogens with zero attached hydrogens (tertiary/aromatic N) is 2. The van der Waals surface area contributed by atoms with Gasteiger partial charge in [-0.05, 0) is 35.1 Å². The number of hydrogen-bond donors (Lipinski definition) is 0. The van der Waals surface area contributed by atoms with Crippen molar-refractivity contribution in [2.75, 3.05) is 0 Å². The highest BCUT2D eigenvalue weighted by molar-refractivity contribution is 5.23. The van der Waals surface area contributed by atoms with Gasteiger partial charge in [0.05, 0.1) is 12.1 Å². The van der Waals surface area contributed by atoms with Crippen LogP contribution in [0.3, 0.4) is 0 Å². The predicted molar refractivity (Wildman–Crippen MR) is 188 cm³/mol. The molecular weight excluding hydrogens is 532 g/mol. The van der Waals surface area contributed by atoms with E-state index in [9.17, 15) is 0 Å². The van der Waals surface area contributed by atoms with Gasteiger partial charge < -0.3 is 0 Å². The Morgan fingerprint density at radius 2 is 0.682 bits per heavy atom. The molecule has 0 aliphatic heterocycles. The van der Waals surface area contributed by atoms with Crippen LogP contribution in [0.25, 0.3) is 0 Å². The van der Waals surface area contributed by atoms with Crippen LogP contribution < -0.4 is 0 Å². The highest BCUT2D eigenvalue weighted by Gasteiger charge is 2.21. The predicted octanol–water partition coefficient (Wildman–Crippen LogP) is 10.3. The molecular formula is C42H52N2. The smallest absolute Gasteiger partial charge is 0.0720 e. The highest BCUT2D eigenvalue weighted by atomic mass is 15.2. The van der Waals surface area contributed by atoms with Crippen molar-refractivity contribution in [2.24, 2.45) is 0 Å². The third-order valence-corrected chi connectivity index (χ3v) is 8.37. The van der Waals surface area contributed by atoms with E-state index in [2.05, 4.69) is 157 Å². The van der Waals surface area contributed by atoms with E-state index < -0.39 is 0 Å². The fourth-order valence-electron chi connectivity index (χ4n) is 5.88. The summed E-state index contributed by atoms with van der Waals surface area (Å²) < 4.78 is 0. The molecule has 0 amide bonds. The Labute approximate surface area is 268 Å². The molecule has 2 unspecified atom stereocenters. The molecule has 0 saturated heterocycles. The molecule has 0 N–H and O–H groups in total. The van der Waals surface area contributed by atoms with Gasteiger partial charge in [0.1, 0.15) is 0 Å². The van der Waals surface area contributed by atoms with Gasteiger partial charge in [-0.15, -0.1) is 0 Å². The summed E-state index contributed by atoms with van der Waals surface area (Å²) in [6.45, 7) is 8.19. The Kier molecular flexibility index (Phi) is 14.8. The van der Waals surface area contributed by atoms with Gasteiger partial charge in [-0.3, -0.25) is 9.80 Å². The molecule has 0 spiro atoms. The molecule has 0 heterocycles. The third kappa shape index (κ3) is 11.8. The molecule has 0 aliphatic carbocycles. The molecule has 230 valence electrons. The molecule has 0 fully saturated rings. The van der Waals surface area contributed by atoms with Crippen molar-refractivity contribution in [1.82, 2.24) is 9.80 Å². The SMILES string of the molecule is CCCCCC(C#CC(CCCCC)N(Cc1ccccc1)Cc1ccccc1)N(Cc1ccccc1)Cc1ccccc1. The van der Waals surface area contributed by atoms with Crippen LogP contribution in [0.4, 0.5) is 0 Å². The topological polar surface area (TPSA) is 6.48 Å². The van der Waals surface area contributed by atoms with Crippen molar-refractivity contribution in [3.63, 3.8) is 0 Å². The summed E-state index contributed by atoms with van der Waals surface area (Å²) in [5, 5.41) is 0. The molecule has 2 atom stereocenters. The van der Waals surface area contributed by atoms with Crippen LogP contribution in [-0.4, -0.2) is 21.9 Å². The van der Waals surface area contributed by atoms with E-state index in [0.717, 1.165) is 39.0 Å². The van der Waals surface area contributed by atoms with Gasteiger partial charge in [0.25, 0.3) is 0 Å². The quantitative estimate of drug-likeness (QED) is 0.0848. The Morgan fingerprint density at radius 3 is 0.932 bits per heavy atom. The Bertz CT molecular complexity index is 1150. The molecule has 4 aromatic carbocycles. The summed E-state index contributed by atoms with van der Waals surface area (Å²) in [5.41, 5.74) is 5.39. The first kappa shape index (κ1) is 33.3. The van der Waals surface area contributed by atoms with Gasteiger partial charge in [0.15, 0.2) is 0 Å². The number of hydrogen-bond acceptors (Lipinski definition) is 2. The summed E-state index contributed by atoms with van der Waals surface area (Å²) in [4.78, 5) is 5.24. The Balaban J connectivity index is 1.68. The van der Waals surface area contributed by atoms with Gasteiger partial charge in [0.2, 0.25) is 0 Å². The first-order chi connectivity index (χ1) is 21.7. The lowest BCUT2D eigenvalue weighted by atomic mass is 10.0. The maximum absolute atomic E-state index is 3.93. The zero-order chi connectivity index (χ0) is 30.7. The lowest BCUT2D eigenvalue weighted by molar-refractivity contribution is 0.198. The van der Waals surface area contributed by atoms with Crippen LogP contribution in [-0.2, 0) is 26.2 Å². The van der Waals surface area contributed by atoms with Crippen LogP contribution in [0.1, 0.15) is 87.5 Å². The molecule has 0 aliphatic rings. The van der Waals surface area contributed by atoms with Crippen molar-refractivity contribution in [2.45, 2.75) is 103 Å². The van der Waals surface area contributed by atoms with E-state index in [1.807, 2.05) is 0 Å². The molecule has 2 nitrogen and oxygen atoms in total. The van der Waals surface area contributed by atoms with Gasteiger partial charge in [0, 0.05) is 26.2 Å². The molecule has 4 aromatic rings. The molecule has 4 rings (SSSR count). The fraction of sp³-hybridized carbons (Fsp3) is 0.381. The minimum Gasteiger partial charge on any atom is -0.281 e. The minimum absolute atomic E-state index is 0.200. The van der Waals surface area contributed by atoms with Crippen molar-refractivity contribution >= 4 is 0 Å². The second-order valence-corrected chi connectivity index (χ2v) is 12.1. The van der Waals surface area contributed by atoms with Gasteiger partial charge in [-0.1, -0.05) is 186 Å². The van der Waals surface area contributed by atoms with E-state index in [-0.39, 0.29) is 12.1 Å². The third-order valence-electron chi connectivity index (χ3n) is 8.37. The Morgan fingerprint density at radius 1 is 0.409 bits per heavy atom. The van der Waals surface area contributed by atoms with Crippen molar-refractivity contribution in [3.05, 3.63) is 144 Å². The zero-order valence-electron chi connectivity index (χ0n) is 27.1. The fourth-order valence-corrected chi connectivity index (χ4v) is 5.88. The Hall–Kier alpha value is -3.64. The average Bonchev–Trinajstić information content (AvgIpc) is 3.07. The zero-order valence-corrected chi connectivity index (χ0v) is 27.1. The standard InChI is InChI=1S/C42H52N2/c1-3-5-11-29-41(43(33-37-21-13-7-14-22-37)34-38-23-15-8-16-24-38)31-32-42(30-12-6-4-2)44(35-39-25-17-9-18-26-39)36-40-27-19-10-20-28-40/h7-10,13-28,41-42H,3-6,11-12,29-30,33-36H2,1-2H3. The monoisotopic (exact) mass is 584 g/mol. The average molecular weight is 585 g/mol. The van der Waals surface area contributed by atoms with Crippen LogP contribution in [0.15, 0.2) is 121 Å². The second-order valence-electron chi connectivity index (χ2n) is 12.1. The summed E-state index contributed by atoms with van der Waals surface area (Å²) in [6, 6.07) is 44.1. The van der Waals surface area contributed by atoms with Crippen LogP contribution >= 0.6 is 0 Å². The first-order valence-electron chi connectivity index (χ1n) is 16.9. The maximum Gasteiger partial charge on any atom is 0.0720 e. The summed E-state index contributed by atoms with van der Waals surface area (Å²) >= 11 is 0. The van der Waals surface area contributed by atoms with Crippen LogP contribution in [0, 0.1) is 11.8 Å². The van der Waals surface area contributed by atoms with Gasteiger partial charge in [-0.25, -0.2) is 0 Å². The van der Waals surface area contributed by atoms with E-state index in [0.29, 0.717) is 0 Å². The molecule has 44 heavy (non-hydrogen) atoms. The normalized spacial score (nSPS) is 12.5. The molecule has 0 aromatic heterocycles. The van der Waals surface area contributed by atoms with Crippen molar-refractivity contribution in [3.8, 4) is 11.8 Å². The number of rotatable bonds is 18. The van der Waals surface area contributed by atoms with E-state index in [1.54, 1.807) is 0 Å². The summed E-state index contributed by atoms with van der Waals surface area (Å²) in [7, 11) is 0. The van der Waals surface area contributed by atoms with Gasteiger partial charge in [-0.2, -0.15) is 0 Å². The van der Waals surface area contributed by atoms with E-state index >= 15 is 0 Å². The van der Waals surface area contributed by atoms with Crippen LogP contribution in [0.5, 0.6) is 0 Å². The number of unbranched alkanes of at least 4 members (excludes halogenated alkanes) is 4. The molecule has 0 saturated carbocycles. The molecule has 0 bridgehead atoms. The van der Waals surface area contributed by atoms with E-state index in [4.69, 9.17) is 0 Å². The molecule has 2 heteroatoms. The molecule has 0 radical (unpaired) electrons. The van der Waals surface area contributed by atoms with Gasteiger partial charge >= 0.3 is 0 Å². The summed E-state index contributed by atoms with van der Waals surface area (Å²) in [6.07, 6.45) is 9.53. The van der Waals surface area contributed by atoms with Crippen molar-refractivity contribution < 1.29 is 0 Å².